The molecule has 0 aliphatic rings. The summed E-state index contributed by atoms with van der Waals surface area (Å²) < 4.78 is 21.6. The first-order chi connectivity index (χ1) is 6.66. The van der Waals surface area contributed by atoms with Gasteiger partial charge >= 0.3 is 0 Å². The number of carbonyl (C=O) groups excluding carboxylic acids is 1. The molecule has 1 rings (SSSR count). The summed E-state index contributed by atoms with van der Waals surface area (Å²) in [6.07, 6.45) is 0. The van der Waals surface area contributed by atoms with Crippen LogP contribution in [0.2, 0.25) is 0 Å². The summed E-state index contributed by atoms with van der Waals surface area (Å²) in [4.78, 5) is 11.5. The standard InChI is InChI=1S/C9H11NO3S/c1-2-10-9(11)7-5-3-4-6-8(7)14(12)13/h3-6,14H,2H2,1H3,(H,10,11). The zero-order chi connectivity index (χ0) is 10.6. The monoisotopic (exact) mass is 213 g/mol. The van der Waals surface area contributed by atoms with Gasteiger partial charge in [-0.05, 0) is 19.1 Å². The number of rotatable bonds is 3. The molecule has 0 saturated heterocycles. The number of benzene rings is 1. The van der Waals surface area contributed by atoms with E-state index in [2.05, 4.69) is 5.32 Å². The zero-order valence-corrected chi connectivity index (χ0v) is 8.58. The molecule has 0 fully saturated rings. The van der Waals surface area contributed by atoms with E-state index in [1.165, 1.54) is 12.1 Å². The lowest BCUT2D eigenvalue weighted by atomic mass is 10.2. The predicted molar refractivity (Wildman–Crippen MR) is 53.0 cm³/mol. The van der Waals surface area contributed by atoms with Crippen molar-refractivity contribution >= 4 is 16.6 Å². The van der Waals surface area contributed by atoms with Gasteiger partial charge in [-0.15, -0.1) is 0 Å². The fourth-order valence-electron chi connectivity index (χ4n) is 1.08. The first-order valence-corrected chi connectivity index (χ1v) is 5.36. The lowest BCUT2D eigenvalue weighted by molar-refractivity contribution is 0.0952. The number of carbonyl (C=O) groups is 1. The second-order valence-electron chi connectivity index (χ2n) is 2.63. The Balaban J connectivity index is 3.13. The van der Waals surface area contributed by atoms with Gasteiger partial charge in [0, 0.05) is 6.54 Å². The summed E-state index contributed by atoms with van der Waals surface area (Å²) >= 11 is 0. The van der Waals surface area contributed by atoms with Gasteiger partial charge in [-0.2, -0.15) is 0 Å². The van der Waals surface area contributed by atoms with Crippen LogP contribution in [0.25, 0.3) is 0 Å². The van der Waals surface area contributed by atoms with E-state index >= 15 is 0 Å². The molecule has 0 atom stereocenters. The molecule has 1 aromatic carbocycles. The second-order valence-corrected chi connectivity index (χ2v) is 3.63. The fourth-order valence-corrected chi connectivity index (χ4v) is 1.66. The molecule has 4 nitrogen and oxygen atoms in total. The van der Waals surface area contributed by atoms with E-state index < -0.39 is 10.7 Å². The molecule has 76 valence electrons. The highest BCUT2D eigenvalue weighted by Crippen LogP contribution is 2.09. The maximum absolute atomic E-state index is 11.4. The van der Waals surface area contributed by atoms with Gasteiger partial charge in [0.15, 0.2) is 10.7 Å². The van der Waals surface area contributed by atoms with Gasteiger partial charge in [-0.25, -0.2) is 8.42 Å². The topological polar surface area (TPSA) is 63.2 Å². The zero-order valence-electron chi connectivity index (χ0n) is 7.69. The minimum absolute atomic E-state index is 0.0634. The normalized spacial score (nSPS) is 10.1. The summed E-state index contributed by atoms with van der Waals surface area (Å²) in [6, 6.07) is 6.12. The van der Waals surface area contributed by atoms with E-state index in [1.807, 2.05) is 0 Å². The van der Waals surface area contributed by atoms with Crippen LogP contribution in [0.1, 0.15) is 17.3 Å². The highest BCUT2D eigenvalue weighted by molar-refractivity contribution is 7.72. The summed E-state index contributed by atoms with van der Waals surface area (Å²) in [5.74, 6) is -0.359. The van der Waals surface area contributed by atoms with Gasteiger partial charge in [0.2, 0.25) is 0 Å². The number of thiol groups is 1. The van der Waals surface area contributed by atoms with Crippen LogP contribution in [0.3, 0.4) is 0 Å². The van der Waals surface area contributed by atoms with Crippen LogP contribution >= 0.6 is 0 Å². The van der Waals surface area contributed by atoms with E-state index in [0.717, 1.165) is 0 Å². The quantitative estimate of drug-likeness (QED) is 0.715. The van der Waals surface area contributed by atoms with Crippen molar-refractivity contribution in [3.8, 4) is 0 Å². The van der Waals surface area contributed by atoms with Crippen LogP contribution in [0.5, 0.6) is 0 Å². The van der Waals surface area contributed by atoms with Crippen molar-refractivity contribution in [2.24, 2.45) is 0 Å². The molecule has 0 bridgehead atoms. The van der Waals surface area contributed by atoms with Crippen LogP contribution < -0.4 is 5.32 Å². The maximum atomic E-state index is 11.4. The van der Waals surface area contributed by atoms with E-state index in [4.69, 9.17) is 0 Å². The van der Waals surface area contributed by atoms with Gasteiger partial charge < -0.3 is 5.32 Å². The van der Waals surface area contributed by atoms with Crippen molar-refractivity contribution in [2.45, 2.75) is 11.8 Å². The van der Waals surface area contributed by atoms with Crippen LogP contribution in [0.15, 0.2) is 29.2 Å². The van der Waals surface area contributed by atoms with Gasteiger partial charge in [-0.3, -0.25) is 4.79 Å². The number of hydrogen-bond donors (Lipinski definition) is 2. The molecule has 0 spiro atoms. The summed E-state index contributed by atoms with van der Waals surface area (Å²) in [5, 5.41) is 2.55. The molecular weight excluding hydrogens is 202 g/mol. The van der Waals surface area contributed by atoms with Gasteiger partial charge in [0.25, 0.3) is 5.91 Å². The third kappa shape index (κ3) is 2.32. The van der Waals surface area contributed by atoms with Crippen molar-refractivity contribution in [2.75, 3.05) is 6.54 Å². The fraction of sp³-hybridized carbons (Fsp3) is 0.222. The summed E-state index contributed by atoms with van der Waals surface area (Å²) in [6.45, 7) is 2.25. The molecule has 1 amide bonds. The van der Waals surface area contributed by atoms with E-state index in [-0.39, 0.29) is 16.4 Å². The molecule has 0 saturated carbocycles. The first-order valence-electron chi connectivity index (χ1n) is 4.18. The van der Waals surface area contributed by atoms with Gasteiger partial charge in [-0.1, -0.05) is 12.1 Å². The molecule has 1 N–H and O–H groups in total. The predicted octanol–water partition coefficient (Wildman–Crippen LogP) is 0.407. The Bertz CT molecular complexity index is 404. The lowest BCUT2D eigenvalue weighted by Crippen LogP contribution is -2.23. The molecule has 5 heteroatoms. The van der Waals surface area contributed by atoms with E-state index in [9.17, 15) is 13.2 Å². The van der Waals surface area contributed by atoms with Gasteiger partial charge in [0.1, 0.15) is 0 Å². The first kappa shape index (κ1) is 10.7. The lowest BCUT2D eigenvalue weighted by Gasteiger charge is -2.03. The Morgan fingerprint density at radius 1 is 1.36 bits per heavy atom. The van der Waals surface area contributed by atoms with Crippen LogP contribution in [-0.4, -0.2) is 20.9 Å². The SMILES string of the molecule is CCNC(=O)c1ccccc1[SH](=O)=O. The third-order valence-corrected chi connectivity index (χ3v) is 2.47. The van der Waals surface area contributed by atoms with Crippen molar-refractivity contribution in [1.29, 1.82) is 0 Å². The number of nitrogens with one attached hydrogen (secondary N) is 1. The largest absolute Gasteiger partial charge is 0.352 e. The molecule has 0 unspecified atom stereocenters. The Hall–Kier alpha value is -1.36. The molecule has 1 aromatic rings. The number of amides is 1. The van der Waals surface area contributed by atoms with Crippen LogP contribution in [0.4, 0.5) is 0 Å². The highest BCUT2D eigenvalue weighted by Gasteiger charge is 2.10. The Labute approximate surface area is 83.9 Å². The maximum Gasteiger partial charge on any atom is 0.252 e. The van der Waals surface area contributed by atoms with E-state index in [0.29, 0.717) is 6.54 Å². The summed E-state index contributed by atoms with van der Waals surface area (Å²) in [5.41, 5.74) is 0.200. The molecule has 0 aliphatic carbocycles. The smallest absolute Gasteiger partial charge is 0.252 e. The minimum Gasteiger partial charge on any atom is -0.352 e. The molecule has 0 aliphatic heterocycles. The Kier molecular flexibility index (Phi) is 3.64. The average molecular weight is 213 g/mol. The van der Waals surface area contributed by atoms with Crippen molar-refractivity contribution < 1.29 is 13.2 Å². The number of hydrogen-bond acceptors (Lipinski definition) is 3. The third-order valence-electron chi connectivity index (χ3n) is 1.68. The second kappa shape index (κ2) is 4.76. The van der Waals surface area contributed by atoms with Crippen molar-refractivity contribution in [3.63, 3.8) is 0 Å². The van der Waals surface area contributed by atoms with Crippen LogP contribution in [0, 0.1) is 0 Å². The highest BCUT2D eigenvalue weighted by atomic mass is 32.2. The molecule has 0 radical (unpaired) electrons. The molecule has 0 aromatic heterocycles. The van der Waals surface area contributed by atoms with E-state index in [1.54, 1.807) is 19.1 Å². The van der Waals surface area contributed by atoms with Crippen molar-refractivity contribution in [3.05, 3.63) is 29.8 Å². The average Bonchev–Trinajstić information content (AvgIpc) is 2.18. The Morgan fingerprint density at radius 3 is 2.57 bits per heavy atom. The van der Waals surface area contributed by atoms with Crippen LogP contribution in [-0.2, 0) is 10.7 Å². The van der Waals surface area contributed by atoms with Gasteiger partial charge in [0.05, 0.1) is 10.5 Å². The Morgan fingerprint density at radius 2 is 2.00 bits per heavy atom. The van der Waals surface area contributed by atoms with Crippen molar-refractivity contribution in [1.82, 2.24) is 5.32 Å². The summed E-state index contributed by atoms with van der Waals surface area (Å²) in [7, 11) is -2.72. The minimum atomic E-state index is -2.72. The molecule has 0 heterocycles. The molecule has 14 heavy (non-hydrogen) atoms. The molecular formula is C9H11NO3S.